The van der Waals surface area contributed by atoms with Crippen molar-refractivity contribution in [3.05, 3.63) is 97.6 Å². The fourth-order valence-corrected chi connectivity index (χ4v) is 6.65. The number of hydrogen-bond acceptors (Lipinski definition) is 7. The molecule has 0 radical (unpaired) electrons. The van der Waals surface area contributed by atoms with Gasteiger partial charge in [-0.2, -0.15) is 0 Å². The van der Waals surface area contributed by atoms with E-state index in [1.807, 2.05) is 6.08 Å². The molecule has 0 bridgehead atoms. The number of carbonyl (C=O) groups excluding carboxylic acids is 4. The number of rotatable bonds is 3. The molecule has 0 unspecified atom stereocenters. The maximum Gasteiger partial charge on any atom is 0.271 e. The van der Waals surface area contributed by atoms with Gasteiger partial charge < -0.3 is 5.11 Å². The molecule has 4 aliphatic rings. The molecule has 1 saturated heterocycles. The highest BCUT2D eigenvalue weighted by atomic mass is 35.5. The standard InChI is InChI=1S/C29H21ClN2O7/c1-13-9-23(34)21-12-19-17(24(26(21)27(13)35)20-10-14(30)5-8-22(20)33)6-7-18-25(19)29(37)31(28(18)36)15-3-2-4-16(11-15)32(38)39/h2-6,8-11,18-19,24-25,33H,7,12H2,1H3/t18-,19+,24+,25-/m0/s1. The Labute approximate surface area is 227 Å². The summed E-state index contributed by atoms with van der Waals surface area (Å²) in [6.45, 7) is 1.56. The third-order valence-electron chi connectivity index (χ3n) is 8.16. The van der Waals surface area contributed by atoms with Gasteiger partial charge in [0.25, 0.3) is 5.69 Å². The zero-order valence-corrected chi connectivity index (χ0v) is 21.3. The number of anilines is 1. The van der Waals surface area contributed by atoms with Crippen LogP contribution in [0.5, 0.6) is 5.75 Å². The van der Waals surface area contributed by atoms with E-state index in [1.165, 1.54) is 42.5 Å². The zero-order valence-electron chi connectivity index (χ0n) is 20.6. The smallest absolute Gasteiger partial charge is 0.271 e. The Bertz CT molecular complexity index is 1640. The number of carbonyl (C=O) groups is 4. The van der Waals surface area contributed by atoms with E-state index in [0.717, 1.165) is 4.90 Å². The minimum atomic E-state index is -0.843. The molecule has 4 atom stereocenters. The second-order valence-corrected chi connectivity index (χ2v) is 10.7. The van der Waals surface area contributed by atoms with Crippen LogP contribution >= 0.6 is 11.6 Å². The minimum Gasteiger partial charge on any atom is -0.508 e. The van der Waals surface area contributed by atoms with E-state index < -0.39 is 40.4 Å². The van der Waals surface area contributed by atoms with Gasteiger partial charge in [0.1, 0.15) is 5.75 Å². The molecule has 9 nitrogen and oxygen atoms in total. The van der Waals surface area contributed by atoms with Crippen LogP contribution in [-0.2, 0) is 19.2 Å². The number of Topliss-reactive ketones (excluding diaryl/α,β-unsaturated/α-hetero) is 1. The number of phenolic OH excluding ortho intramolecular Hbond substituents is 1. The maximum absolute atomic E-state index is 13.9. The Kier molecular flexibility index (Phi) is 5.65. The molecule has 2 aromatic rings. The van der Waals surface area contributed by atoms with Gasteiger partial charge in [0.2, 0.25) is 11.8 Å². The molecule has 10 heteroatoms. The molecule has 1 fully saturated rings. The first-order valence-corrected chi connectivity index (χ1v) is 12.8. The molecule has 39 heavy (non-hydrogen) atoms. The number of benzene rings is 2. The Morgan fingerprint density at radius 3 is 2.56 bits per heavy atom. The zero-order chi connectivity index (χ0) is 27.7. The van der Waals surface area contributed by atoms with E-state index in [1.54, 1.807) is 13.0 Å². The van der Waals surface area contributed by atoms with Gasteiger partial charge in [-0.1, -0.05) is 29.3 Å². The molecule has 2 aromatic carbocycles. The van der Waals surface area contributed by atoms with Crippen LogP contribution in [0.25, 0.3) is 0 Å². The summed E-state index contributed by atoms with van der Waals surface area (Å²) >= 11 is 6.27. The Balaban J connectivity index is 1.49. The molecular formula is C29H21ClN2O7. The summed E-state index contributed by atoms with van der Waals surface area (Å²) in [6.07, 6.45) is 3.39. The Hall–Kier alpha value is -4.37. The van der Waals surface area contributed by atoms with Crippen molar-refractivity contribution in [1.82, 2.24) is 0 Å². The maximum atomic E-state index is 13.9. The van der Waals surface area contributed by atoms with Gasteiger partial charge >= 0.3 is 0 Å². The van der Waals surface area contributed by atoms with Crippen LogP contribution in [0.4, 0.5) is 11.4 Å². The number of hydrogen-bond donors (Lipinski definition) is 1. The SMILES string of the molecule is CC1=CC(=O)C2=C(C1=O)[C@@H](c1cc(Cl)ccc1O)C1=CC[C@@H]3C(=O)N(c4cccc([N+](=O)[O-])c4)C(=O)[C@@H]3[C@@H]1C2. The number of nitro groups is 1. The number of allylic oxidation sites excluding steroid dienone is 6. The molecule has 6 rings (SSSR count). The summed E-state index contributed by atoms with van der Waals surface area (Å²) in [5.41, 5.74) is 1.66. The van der Waals surface area contributed by atoms with Crippen LogP contribution in [0.1, 0.15) is 31.2 Å². The first-order valence-electron chi connectivity index (χ1n) is 12.4. The second kappa shape index (κ2) is 8.84. The van der Waals surface area contributed by atoms with E-state index in [9.17, 15) is 34.4 Å². The number of nitro benzene ring substituents is 1. The molecule has 1 N–H and O–H groups in total. The first kappa shape index (κ1) is 24.9. The summed E-state index contributed by atoms with van der Waals surface area (Å²) in [5.74, 6) is -4.76. The number of nitrogens with zero attached hydrogens (tertiary/aromatic N) is 2. The van der Waals surface area contributed by atoms with Crippen LogP contribution < -0.4 is 4.90 Å². The van der Waals surface area contributed by atoms with Crippen LogP contribution in [0.3, 0.4) is 0 Å². The lowest BCUT2D eigenvalue weighted by Gasteiger charge is -2.42. The number of phenols is 1. The fraction of sp³-hybridized carbons (Fsp3) is 0.241. The van der Waals surface area contributed by atoms with Crippen LogP contribution in [-0.4, -0.2) is 33.4 Å². The second-order valence-electron chi connectivity index (χ2n) is 10.2. The third kappa shape index (κ3) is 3.68. The highest BCUT2D eigenvalue weighted by molar-refractivity contribution is 6.30. The lowest BCUT2D eigenvalue weighted by Crippen LogP contribution is -2.39. The van der Waals surface area contributed by atoms with E-state index in [0.29, 0.717) is 16.2 Å². The van der Waals surface area contributed by atoms with E-state index in [-0.39, 0.29) is 58.3 Å². The molecule has 3 aliphatic carbocycles. The molecule has 2 amide bonds. The van der Waals surface area contributed by atoms with Crippen molar-refractivity contribution in [3.63, 3.8) is 0 Å². The monoisotopic (exact) mass is 544 g/mol. The number of halogens is 1. The number of non-ortho nitro benzene ring substituents is 1. The van der Waals surface area contributed by atoms with E-state index >= 15 is 0 Å². The van der Waals surface area contributed by atoms with Crippen molar-refractivity contribution in [2.24, 2.45) is 17.8 Å². The van der Waals surface area contributed by atoms with Gasteiger partial charge in [0.05, 0.1) is 22.4 Å². The van der Waals surface area contributed by atoms with Gasteiger partial charge in [-0.05, 0) is 56.0 Å². The molecule has 1 heterocycles. The van der Waals surface area contributed by atoms with Gasteiger partial charge in [-0.25, -0.2) is 4.90 Å². The van der Waals surface area contributed by atoms with Crippen LogP contribution in [0.2, 0.25) is 5.02 Å². The summed E-state index contributed by atoms with van der Waals surface area (Å²) in [6, 6.07) is 9.82. The minimum absolute atomic E-state index is 0.0797. The normalized spacial score (nSPS) is 26.2. The van der Waals surface area contributed by atoms with Crippen molar-refractivity contribution < 1.29 is 29.2 Å². The van der Waals surface area contributed by atoms with Gasteiger partial charge in [0.15, 0.2) is 11.6 Å². The third-order valence-corrected chi connectivity index (χ3v) is 8.40. The summed E-state index contributed by atoms with van der Waals surface area (Å²) < 4.78 is 0. The van der Waals surface area contributed by atoms with Gasteiger partial charge in [0, 0.05) is 45.4 Å². The summed E-state index contributed by atoms with van der Waals surface area (Å²) in [7, 11) is 0. The number of aromatic hydroxyl groups is 1. The highest BCUT2D eigenvalue weighted by Crippen LogP contribution is 2.56. The highest BCUT2D eigenvalue weighted by Gasteiger charge is 2.57. The molecule has 1 aliphatic heterocycles. The van der Waals surface area contributed by atoms with Crippen LogP contribution in [0, 0.1) is 27.9 Å². The van der Waals surface area contributed by atoms with Crippen molar-refractivity contribution in [2.45, 2.75) is 25.7 Å². The Morgan fingerprint density at radius 2 is 1.82 bits per heavy atom. The topological polar surface area (TPSA) is 135 Å². The van der Waals surface area contributed by atoms with E-state index in [2.05, 4.69) is 0 Å². The number of amides is 2. The van der Waals surface area contributed by atoms with E-state index in [4.69, 9.17) is 11.6 Å². The quantitative estimate of drug-likeness (QED) is 0.196. The number of imide groups is 1. The number of ketones is 2. The number of fused-ring (bicyclic) bond motifs is 3. The molecule has 0 saturated carbocycles. The summed E-state index contributed by atoms with van der Waals surface area (Å²) in [4.78, 5) is 65.7. The fourth-order valence-electron chi connectivity index (χ4n) is 6.47. The van der Waals surface area contributed by atoms with Crippen molar-refractivity contribution in [1.29, 1.82) is 0 Å². The van der Waals surface area contributed by atoms with Crippen molar-refractivity contribution >= 4 is 46.4 Å². The molecule has 0 aromatic heterocycles. The van der Waals surface area contributed by atoms with Gasteiger partial charge in [-0.15, -0.1) is 0 Å². The largest absolute Gasteiger partial charge is 0.508 e. The summed E-state index contributed by atoms with van der Waals surface area (Å²) in [5, 5.41) is 22.5. The Morgan fingerprint density at radius 1 is 1.05 bits per heavy atom. The van der Waals surface area contributed by atoms with Crippen molar-refractivity contribution in [2.75, 3.05) is 4.90 Å². The average Bonchev–Trinajstić information content (AvgIpc) is 3.17. The van der Waals surface area contributed by atoms with Gasteiger partial charge in [-0.3, -0.25) is 29.3 Å². The predicted molar refractivity (Wildman–Crippen MR) is 140 cm³/mol. The predicted octanol–water partition coefficient (Wildman–Crippen LogP) is 4.59. The lowest BCUT2D eigenvalue weighted by molar-refractivity contribution is -0.384. The van der Waals surface area contributed by atoms with Crippen LogP contribution in [0.15, 0.2) is 76.9 Å². The first-order chi connectivity index (χ1) is 18.6. The molecular weight excluding hydrogens is 524 g/mol. The van der Waals surface area contributed by atoms with Crippen molar-refractivity contribution in [3.8, 4) is 5.75 Å². The molecule has 196 valence electrons. The molecule has 0 spiro atoms. The average molecular weight is 545 g/mol. The lowest BCUT2D eigenvalue weighted by atomic mass is 9.59.